The Balaban J connectivity index is 1.45. The zero-order chi connectivity index (χ0) is 26.4. The van der Waals surface area contributed by atoms with Crippen molar-refractivity contribution >= 4 is 28.9 Å². The Hall–Kier alpha value is -2.66. The molecule has 3 aliphatic heterocycles. The summed E-state index contributed by atoms with van der Waals surface area (Å²) in [5.74, 6) is 2.33. The van der Waals surface area contributed by atoms with Crippen molar-refractivity contribution in [3.8, 4) is 5.75 Å². The van der Waals surface area contributed by atoms with Crippen LogP contribution in [0.5, 0.6) is 5.75 Å². The van der Waals surface area contributed by atoms with Gasteiger partial charge in [0, 0.05) is 55.9 Å². The van der Waals surface area contributed by atoms with Crippen molar-refractivity contribution in [1.29, 1.82) is 0 Å². The molecule has 2 aromatic heterocycles. The molecule has 3 aliphatic rings. The van der Waals surface area contributed by atoms with Crippen molar-refractivity contribution in [2.24, 2.45) is 0 Å². The molecule has 2 fully saturated rings. The predicted octanol–water partition coefficient (Wildman–Crippen LogP) is 3.52. The summed E-state index contributed by atoms with van der Waals surface area (Å²) in [5.41, 5.74) is 2.26. The van der Waals surface area contributed by atoms with E-state index in [1.165, 1.54) is 0 Å². The maximum absolute atomic E-state index is 13.7. The average molecular weight is 544 g/mol. The fourth-order valence-electron chi connectivity index (χ4n) is 5.63. The van der Waals surface area contributed by atoms with Gasteiger partial charge in [0.25, 0.3) is 0 Å². The van der Waals surface area contributed by atoms with Crippen LogP contribution >= 0.6 is 11.6 Å². The molecule has 2 atom stereocenters. The molecule has 1 unspecified atom stereocenters. The number of hydrogen-bond acceptors (Lipinski definition) is 8. The Labute approximate surface area is 227 Å². The first kappa shape index (κ1) is 25.6. The lowest BCUT2D eigenvalue weighted by Gasteiger charge is -2.38. The Morgan fingerprint density at radius 3 is 2.71 bits per heavy atom. The second kappa shape index (κ2) is 10.5. The highest BCUT2D eigenvalue weighted by Crippen LogP contribution is 2.40. The number of aliphatic hydroxyl groups is 1. The van der Waals surface area contributed by atoms with Crippen LogP contribution in [0.15, 0.2) is 30.3 Å². The molecule has 0 spiro atoms. The molecule has 2 bridgehead atoms. The van der Waals surface area contributed by atoms with Crippen LogP contribution in [0.1, 0.15) is 42.8 Å². The molecule has 3 aromatic rings. The van der Waals surface area contributed by atoms with Gasteiger partial charge in [-0.05, 0) is 38.1 Å². The van der Waals surface area contributed by atoms with Crippen LogP contribution < -0.4 is 14.5 Å². The average Bonchev–Trinajstić information content (AvgIpc) is 3.33. The number of hydrogen-bond donors (Lipinski definition) is 1. The van der Waals surface area contributed by atoms with Gasteiger partial charge in [0.05, 0.1) is 24.8 Å². The van der Waals surface area contributed by atoms with Crippen LogP contribution in [0.25, 0.3) is 5.65 Å². The molecule has 11 heteroatoms. The summed E-state index contributed by atoms with van der Waals surface area (Å²) < 4.78 is 21.8. The third-order valence-electron chi connectivity index (χ3n) is 7.96. The van der Waals surface area contributed by atoms with Gasteiger partial charge in [-0.1, -0.05) is 18.0 Å². The molecule has 2 saturated heterocycles. The number of alkyl halides is 1. The zero-order valence-electron chi connectivity index (χ0n) is 21.9. The molecule has 0 saturated carbocycles. The Morgan fingerprint density at radius 2 is 1.89 bits per heavy atom. The summed E-state index contributed by atoms with van der Waals surface area (Å²) >= 11 is 6.37. The van der Waals surface area contributed by atoms with Crippen LogP contribution in [-0.2, 0) is 0 Å². The van der Waals surface area contributed by atoms with E-state index in [0.29, 0.717) is 36.0 Å². The van der Waals surface area contributed by atoms with Crippen molar-refractivity contribution in [3.63, 3.8) is 0 Å². The third kappa shape index (κ3) is 4.90. The number of halogens is 2. The van der Waals surface area contributed by atoms with Gasteiger partial charge in [-0.3, -0.25) is 4.90 Å². The number of fused-ring (bicyclic) bond motifs is 4. The number of rotatable bonds is 1. The van der Waals surface area contributed by atoms with E-state index in [1.807, 2.05) is 27.6 Å². The Kier molecular flexibility index (Phi) is 7.07. The number of piperidine rings is 1. The summed E-state index contributed by atoms with van der Waals surface area (Å²) in [7, 11) is 4.12. The number of ether oxygens (including phenoxy) is 1. The van der Waals surface area contributed by atoms with E-state index in [4.69, 9.17) is 26.4 Å². The fraction of sp³-hybridized carbons (Fsp3) is 0.556. The topological polar surface area (TPSA) is 72.6 Å². The number of benzene rings is 1. The quantitative estimate of drug-likeness (QED) is 0.500. The second-order valence-electron chi connectivity index (χ2n) is 10.7. The van der Waals surface area contributed by atoms with E-state index in [-0.39, 0.29) is 6.04 Å². The molecule has 1 N–H and O–H groups in total. The summed E-state index contributed by atoms with van der Waals surface area (Å²) in [6.45, 7) is 4.26. The molecule has 0 aliphatic carbocycles. The van der Waals surface area contributed by atoms with Gasteiger partial charge in [0.1, 0.15) is 36.4 Å². The van der Waals surface area contributed by atoms with Gasteiger partial charge in [0.2, 0.25) is 0 Å². The van der Waals surface area contributed by atoms with Crippen LogP contribution in [0, 0.1) is 0 Å². The minimum atomic E-state index is -0.891. The number of aliphatic hydroxyl groups excluding tert-OH is 1. The van der Waals surface area contributed by atoms with Crippen molar-refractivity contribution in [3.05, 3.63) is 46.6 Å². The van der Waals surface area contributed by atoms with Gasteiger partial charge >= 0.3 is 0 Å². The van der Waals surface area contributed by atoms with E-state index < -0.39 is 12.4 Å². The maximum Gasteiger partial charge on any atom is 0.160 e. The SMILES string of the molecule is CN1CCOc2ccc(Cl)cc2C(O)N2CCCC[C@H]2c2cc3nc(N4CC(F)C4)cc(n3n2)N(C)CC1. The first-order chi connectivity index (χ1) is 18.4. The highest BCUT2D eigenvalue weighted by atomic mass is 35.5. The predicted molar refractivity (Wildman–Crippen MR) is 146 cm³/mol. The minimum Gasteiger partial charge on any atom is -0.492 e. The highest BCUT2D eigenvalue weighted by molar-refractivity contribution is 6.30. The van der Waals surface area contributed by atoms with Crippen molar-refractivity contribution in [1.82, 2.24) is 24.4 Å². The van der Waals surface area contributed by atoms with Gasteiger partial charge < -0.3 is 24.5 Å². The molecule has 1 aromatic carbocycles. The molecule has 0 radical (unpaired) electrons. The minimum absolute atomic E-state index is 0.0906. The molecule has 9 nitrogen and oxygen atoms in total. The van der Waals surface area contributed by atoms with Crippen molar-refractivity contribution in [2.75, 3.05) is 69.8 Å². The molecule has 5 heterocycles. The molecular formula is C27H35ClFN7O2. The lowest BCUT2D eigenvalue weighted by Crippen LogP contribution is -2.49. The van der Waals surface area contributed by atoms with E-state index in [1.54, 1.807) is 12.1 Å². The zero-order valence-corrected chi connectivity index (χ0v) is 22.7. The summed E-state index contributed by atoms with van der Waals surface area (Å²) in [6.07, 6.45) is 1.20. The highest BCUT2D eigenvalue weighted by Gasteiger charge is 2.34. The monoisotopic (exact) mass is 543 g/mol. The van der Waals surface area contributed by atoms with Crippen LogP contribution in [0.2, 0.25) is 5.02 Å². The Bertz CT molecular complexity index is 1300. The molecule has 38 heavy (non-hydrogen) atoms. The van der Waals surface area contributed by atoms with Crippen LogP contribution in [-0.4, -0.2) is 95.6 Å². The molecule has 0 amide bonds. The standard InChI is InChI=1S/C27H35ClFN7O2/c1-32-9-10-33(2)26-15-24(34-16-19(29)17-34)30-25-14-21(31-36(25)26)22-5-3-4-8-35(22)27(37)20-13-18(28)6-7-23(20)38-12-11-32/h6-7,13-15,19,22,27,37H,3-5,8-12,16-17H2,1-2H3/t22-,27?/m0/s1. The van der Waals surface area contributed by atoms with Crippen LogP contribution in [0.3, 0.4) is 0 Å². The smallest absolute Gasteiger partial charge is 0.160 e. The van der Waals surface area contributed by atoms with Crippen molar-refractivity contribution < 1.29 is 14.2 Å². The number of nitrogens with zero attached hydrogens (tertiary/aromatic N) is 7. The summed E-state index contributed by atoms with van der Waals surface area (Å²) in [5, 5.41) is 17.3. The lowest BCUT2D eigenvalue weighted by molar-refractivity contribution is -0.0470. The number of likely N-dealkylation sites (N-methyl/N-ethyl adjacent to an activating group) is 2. The first-order valence-electron chi connectivity index (χ1n) is 13.4. The van der Waals surface area contributed by atoms with E-state index in [9.17, 15) is 9.50 Å². The van der Waals surface area contributed by atoms with E-state index in [0.717, 1.165) is 68.4 Å². The summed E-state index contributed by atoms with van der Waals surface area (Å²) in [4.78, 5) is 13.3. The normalized spacial score (nSPS) is 24.2. The fourth-order valence-corrected chi connectivity index (χ4v) is 5.81. The van der Waals surface area contributed by atoms with Gasteiger partial charge in [0.15, 0.2) is 5.65 Å². The third-order valence-corrected chi connectivity index (χ3v) is 8.20. The second-order valence-corrected chi connectivity index (χ2v) is 11.1. The number of anilines is 2. The van der Waals surface area contributed by atoms with E-state index in [2.05, 4.69) is 28.8 Å². The van der Waals surface area contributed by atoms with Gasteiger partial charge in [-0.25, -0.2) is 9.37 Å². The first-order valence-corrected chi connectivity index (χ1v) is 13.8. The van der Waals surface area contributed by atoms with Gasteiger partial charge in [-0.15, -0.1) is 0 Å². The largest absolute Gasteiger partial charge is 0.492 e. The van der Waals surface area contributed by atoms with Crippen LogP contribution in [0.4, 0.5) is 16.0 Å². The molecule has 204 valence electrons. The van der Waals surface area contributed by atoms with Crippen molar-refractivity contribution in [2.45, 2.75) is 37.7 Å². The summed E-state index contributed by atoms with van der Waals surface area (Å²) in [6, 6.07) is 9.38. The van der Waals surface area contributed by atoms with Gasteiger partial charge in [-0.2, -0.15) is 9.61 Å². The molecular weight excluding hydrogens is 509 g/mol. The Morgan fingerprint density at radius 1 is 1.05 bits per heavy atom. The molecule has 6 rings (SSSR count). The van der Waals surface area contributed by atoms with E-state index >= 15 is 0 Å². The lowest BCUT2D eigenvalue weighted by atomic mass is 9.97. The number of aromatic nitrogens is 3. The maximum atomic E-state index is 13.7.